The van der Waals surface area contributed by atoms with E-state index in [4.69, 9.17) is 4.74 Å². The molecule has 1 aliphatic rings. The lowest BCUT2D eigenvalue weighted by atomic mass is 9.85. The van der Waals surface area contributed by atoms with Crippen LogP contribution in [0.5, 0.6) is 5.75 Å². The summed E-state index contributed by atoms with van der Waals surface area (Å²) in [5.41, 5.74) is 0.797. The van der Waals surface area contributed by atoms with Crippen molar-refractivity contribution in [1.82, 2.24) is 5.32 Å². The van der Waals surface area contributed by atoms with Gasteiger partial charge in [0.2, 0.25) is 5.91 Å². The highest BCUT2D eigenvalue weighted by Crippen LogP contribution is 2.25. The minimum atomic E-state index is -0.000472. The highest BCUT2D eigenvalue weighted by molar-refractivity contribution is 5.92. The highest BCUT2D eigenvalue weighted by atomic mass is 16.5. The van der Waals surface area contributed by atoms with Crippen molar-refractivity contribution in [2.24, 2.45) is 5.92 Å². The van der Waals surface area contributed by atoms with Crippen LogP contribution in [0.2, 0.25) is 0 Å². The monoisotopic (exact) mass is 248 g/mol. The molecule has 1 aliphatic carbocycles. The third-order valence-electron chi connectivity index (χ3n) is 3.32. The van der Waals surface area contributed by atoms with E-state index in [9.17, 15) is 4.79 Å². The Morgan fingerprint density at radius 3 is 2.61 bits per heavy atom. The van der Waals surface area contributed by atoms with Gasteiger partial charge in [-0.3, -0.25) is 4.79 Å². The van der Waals surface area contributed by atoms with Gasteiger partial charge in [-0.05, 0) is 49.6 Å². The molecule has 0 radical (unpaired) electrons. The van der Waals surface area contributed by atoms with Crippen LogP contribution in [0.3, 0.4) is 0 Å². The summed E-state index contributed by atoms with van der Waals surface area (Å²) in [6.45, 7) is 1.33. The first kappa shape index (κ1) is 12.9. The summed E-state index contributed by atoms with van der Waals surface area (Å²) in [6.07, 6.45) is 3.94. The van der Waals surface area contributed by atoms with Gasteiger partial charge in [0.05, 0.1) is 13.7 Å². The number of amides is 1. The van der Waals surface area contributed by atoms with E-state index in [-0.39, 0.29) is 5.91 Å². The summed E-state index contributed by atoms with van der Waals surface area (Å²) < 4.78 is 5.06. The molecule has 98 valence electrons. The molecule has 1 fully saturated rings. The topological polar surface area (TPSA) is 50.4 Å². The van der Waals surface area contributed by atoms with Crippen molar-refractivity contribution in [3.05, 3.63) is 24.3 Å². The van der Waals surface area contributed by atoms with Crippen molar-refractivity contribution in [3.8, 4) is 5.75 Å². The van der Waals surface area contributed by atoms with Gasteiger partial charge in [0.1, 0.15) is 5.75 Å². The molecule has 0 bridgehead atoms. The second-order valence-electron chi connectivity index (χ2n) is 4.70. The standard InChI is InChI=1S/C14H20N2O2/c1-18-13-7-5-12(6-8-13)16-14(17)10-15-9-11-3-2-4-11/h5-8,11,15H,2-4,9-10H2,1H3,(H,16,17). The van der Waals surface area contributed by atoms with Crippen LogP contribution in [0.15, 0.2) is 24.3 Å². The molecule has 0 atom stereocenters. The number of methoxy groups -OCH3 is 1. The third kappa shape index (κ3) is 3.74. The average Bonchev–Trinajstić information content (AvgIpc) is 2.33. The fourth-order valence-corrected chi connectivity index (χ4v) is 1.97. The summed E-state index contributed by atoms with van der Waals surface area (Å²) in [5.74, 6) is 1.56. The van der Waals surface area contributed by atoms with Crippen molar-refractivity contribution in [3.63, 3.8) is 0 Å². The Morgan fingerprint density at radius 2 is 2.06 bits per heavy atom. The van der Waals surface area contributed by atoms with Gasteiger partial charge in [-0.2, -0.15) is 0 Å². The van der Waals surface area contributed by atoms with Crippen molar-refractivity contribution in [2.75, 3.05) is 25.5 Å². The van der Waals surface area contributed by atoms with Crippen LogP contribution in [-0.4, -0.2) is 26.1 Å². The van der Waals surface area contributed by atoms with Crippen LogP contribution in [0.25, 0.3) is 0 Å². The fraction of sp³-hybridized carbons (Fsp3) is 0.500. The number of carbonyl (C=O) groups is 1. The molecule has 1 aromatic carbocycles. The second kappa shape index (κ2) is 6.40. The Balaban J connectivity index is 1.68. The Kier molecular flexibility index (Phi) is 4.59. The quantitative estimate of drug-likeness (QED) is 0.810. The van der Waals surface area contributed by atoms with Gasteiger partial charge in [-0.25, -0.2) is 0 Å². The third-order valence-corrected chi connectivity index (χ3v) is 3.32. The van der Waals surface area contributed by atoms with E-state index in [1.807, 2.05) is 24.3 Å². The fourth-order valence-electron chi connectivity index (χ4n) is 1.97. The Labute approximate surface area is 108 Å². The molecule has 0 aromatic heterocycles. The summed E-state index contributed by atoms with van der Waals surface area (Å²) in [6, 6.07) is 7.33. The van der Waals surface area contributed by atoms with Crippen molar-refractivity contribution >= 4 is 11.6 Å². The maximum Gasteiger partial charge on any atom is 0.238 e. The SMILES string of the molecule is COc1ccc(NC(=O)CNCC2CCC2)cc1. The molecule has 4 heteroatoms. The molecule has 2 N–H and O–H groups in total. The molecule has 1 aromatic rings. The van der Waals surface area contributed by atoms with E-state index < -0.39 is 0 Å². The first-order valence-electron chi connectivity index (χ1n) is 6.42. The molecule has 0 spiro atoms. The number of hydrogen-bond donors (Lipinski definition) is 2. The minimum absolute atomic E-state index is 0.000472. The summed E-state index contributed by atoms with van der Waals surface area (Å²) >= 11 is 0. The predicted molar refractivity (Wildman–Crippen MR) is 71.8 cm³/mol. The molecule has 2 rings (SSSR count). The smallest absolute Gasteiger partial charge is 0.238 e. The first-order valence-corrected chi connectivity index (χ1v) is 6.42. The summed E-state index contributed by atoms with van der Waals surface area (Å²) in [5, 5.41) is 6.04. The zero-order chi connectivity index (χ0) is 12.8. The molecular weight excluding hydrogens is 228 g/mol. The summed E-state index contributed by atoms with van der Waals surface area (Å²) in [7, 11) is 1.62. The average molecular weight is 248 g/mol. The van der Waals surface area contributed by atoms with Gasteiger partial charge in [0.25, 0.3) is 0 Å². The first-order chi connectivity index (χ1) is 8.78. The van der Waals surface area contributed by atoms with Crippen LogP contribution in [0, 0.1) is 5.92 Å². The molecule has 1 saturated carbocycles. The normalized spacial score (nSPS) is 14.9. The highest BCUT2D eigenvalue weighted by Gasteiger charge is 2.16. The predicted octanol–water partition coefficient (Wildman–Crippen LogP) is 2.02. The lowest BCUT2D eigenvalue weighted by Gasteiger charge is -2.25. The Morgan fingerprint density at radius 1 is 1.33 bits per heavy atom. The van der Waals surface area contributed by atoms with Crippen LogP contribution in [-0.2, 0) is 4.79 Å². The number of benzene rings is 1. The van der Waals surface area contributed by atoms with Gasteiger partial charge >= 0.3 is 0 Å². The van der Waals surface area contributed by atoms with E-state index in [1.165, 1.54) is 19.3 Å². The van der Waals surface area contributed by atoms with Gasteiger partial charge in [-0.15, -0.1) is 0 Å². The van der Waals surface area contributed by atoms with Gasteiger partial charge in [-0.1, -0.05) is 6.42 Å². The van der Waals surface area contributed by atoms with Crippen molar-refractivity contribution in [2.45, 2.75) is 19.3 Å². The largest absolute Gasteiger partial charge is 0.497 e. The van der Waals surface area contributed by atoms with Crippen LogP contribution >= 0.6 is 0 Å². The number of rotatable bonds is 6. The maximum absolute atomic E-state index is 11.6. The molecule has 0 saturated heterocycles. The van der Waals surface area contributed by atoms with Crippen LogP contribution in [0.4, 0.5) is 5.69 Å². The molecule has 0 aliphatic heterocycles. The number of anilines is 1. The zero-order valence-corrected chi connectivity index (χ0v) is 10.7. The van der Waals surface area contributed by atoms with Crippen LogP contribution in [0.1, 0.15) is 19.3 Å². The second-order valence-corrected chi connectivity index (χ2v) is 4.70. The van der Waals surface area contributed by atoms with Crippen molar-refractivity contribution < 1.29 is 9.53 Å². The van der Waals surface area contributed by atoms with E-state index in [2.05, 4.69) is 10.6 Å². The van der Waals surface area contributed by atoms with Crippen LogP contribution < -0.4 is 15.4 Å². The van der Waals surface area contributed by atoms with Gasteiger partial charge < -0.3 is 15.4 Å². The Hall–Kier alpha value is -1.55. The van der Waals surface area contributed by atoms with E-state index in [0.717, 1.165) is 23.9 Å². The molecule has 0 unspecified atom stereocenters. The van der Waals surface area contributed by atoms with Crippen molar-refractivity contribution in [1.29, 1.82) is 0 Å². The molecule has 18 heavy (non-hydrogen) atoms. The summed E-state index contributed by atoms with van der Waals surface area (Å²) in [4.78, 5) is 11.6. The van der Waals surface area contributed by atoms with E-state index >= 15 is 0 Å². The minimum Gasteiger partial charge on any atom is -0.497 e. The van der Waals surface area contributed by atoms with E-state index in [1.54, 1.807) is 7.11 Å². The number of ether oxygens (including phenoxy) is 1. The molecule has 0 heterocycles. The maximum atomic E-state index is 11.6. The lowest BCUT2D eigenvalue weighted by molar-refractivity contribution is -0.115. The Bertz CT molecular complexity index is 385. The lowest BCUT2D eigenvalue weighted by Crippen LogP contribution is -2.33. The molecule has 4 nitrogen and oxygen atoms in total. The zero-order valence-electron chi connectivity index (χ0n) is 10.7. The molecule has 1 amide bonds. The number of carbonyl (C=O) groups excluding carboxylic acids is 1. The number of hydrogen-bond acceptors (Lipinski definition) is 3. The van der Waals surface area contributed by atoms with E-state index in [0.29, 0.717) is 6.54 Å². The molecular formula is C14H20N2O2. The van der Waals surface area contributed by atoms with Gasteiger partial charge in [0.15, 0.2) is 0 Å². The number of nitrogens with one attached hydrogen (secondary N) is 2. The van der Waals surface area contributed by atoms with Gasteiger partial charge in [0, 0.05) is 5.69 Å².